The summed E-state index contributed by atoms with van der Waals surface area (Å²) in [7, 11) is 0. The van der Waals surface area contributed by atoms with Crippen molar-refractivity contribution in [3.8, 4) is 10.7 Å². The van der Waals surface area contributed by atoms with Gasteiger partial charge in [0, 0.05) is 0 Å². The van der Waals surface area contributed by atoms with Gasteiger partial charge in [0.05, 0.1) is 0 Å². The molecule has 0 unspecified atom stereocenters. The third-order valence-electron chi connectivity index (χ3n) is 2.65. The van der Waals surface area contributed by atoms with Crippen LogP contribution in [0.4, 0.5) is 0 Å². The number of unbranched alkanes of at least 4 members (excludes halogenated alkanes) is 1. The molecule has 86 valence electrons. The van der Waals surface area contributed by atoms with Gasteiger partial charge in [0.2, 0.25) is 0 Å². The quantitative estimate of drug-likeness (QED) is 0.453. The number of hydrogen-bond donors (Lipinski definition) is 0. The number of benzene rings is 2. The van der Waals surface area contributed by atoms with Crippen molar-refractivity contribution < 1.29 is 0 Å². The Balaban J connectivity index is 2.18. The monoisotopic (exact) mass is 288 g/mol. The van der Waals surface area contributed by atoms with E-state index in [0.29, 0.717) is 15.0 Å². The van der Waals surface area contributed by atoms with Gasteiger partial charge in [0.15, 0.2) is 0 Å². The van der Waals surface area contributed by atoms with Crippen LogP contribution >= 0.6 is 0 Å². The second-order valence-corrected chi connectivity index (χ2v) is 5.85. The van der Waals surface area contributed by atoms with E-state index < -0.39 is 0 Å². The second kappa shape index (κ2) is 6.50. The van der Waals surface area contributed by atoms with Crippen LogP contribution in [0.1, 0.15) is 25.3 Å². The first-order valence-electron chi connectivity index (χ1n) is 6.02. The Hall–Kier alpha value is -1.22. The molecule has 2 aromatic carbocycles. The average Bonchev–Trinajstić information content (AvgIpc) is 2.39. The van der Waals surface area contributed by atoms with Gasteiger partial charge in [-0.05, 0) is 0 Å². The average molecular weight is 287 g/mol. The number of rotatable bonds is 3. The summed E-state index contributed by atoms with van der Waals surface area (Å²) >= 11 is 0.479. The first kappa shape index (κ1) is 12.2. The Morgan fingerprint density at radius 3 is 2.76 bits per heavy atom. The predicted octanol–water partition coefficient (Wildman–Crippen LogP) is 4.07. The van der Waals surface area contributed by atoms with Crippen molar-refractivity contribution in [3.63, 3.8) is 0 Å². The molecule has 2 rings (SSSR count). The first-order valence-corrected chi connectivity index (χ1v) is 8.09. The molecule has 0 bridgehead atoms. The molecule has 1 heteroatoms. The molecule has 0 fully saturated rings. The van der Waals surface area contributed by atoms with E-state index in [0.717, 1.165) is 0 Å². The van der Waals surface area contributed by atoms with Crippen LogP contribution < -0.4 is 0 Å². The Labute approximate surface area is 110 Å². The minimum atomic E-state index is 0.479. The van der Waals surface area contributed by atoms with Gasteiger partial charge in [-0.15, -0.1) is 0 Å². The maximum absolute atomic E-state index is 3.34. The Morgan fingerprint density at radius 1 is 1.06 bits per heavy atom. The molecule has 0 nitrogen and oxygen atoms in total. The van der Waals surface area contributed by atoms with Crippen LogP contribution in [0.2, 0.25) is 5.32 Å². The van der Waals surface area contributed by atoms with E-state index >= 15 is 0 Å². The van der Waals surface area contributed by atoms with Crippen LogP contribution in [-0.4, -0.2) is 15.0 Å². The standard InChI is InChI=1S/C16H16Se/c1-2-3-12-17-13-11-15-9-6-8-14-7-4-5-10-16(14)15/h4-10H,2-3,12H2,1H3. The van der Waals surface area contributed by atoms with Crippen LogP contribution in [0.25, 0.3) is 10.8 Å². The molecule has 2 aromatic rings. The topological polar surface area (TPSA) is 0 Å². The Kier molecular flexibility index (Phi) is 4.68. The van der Waals surface area contributed by atoms with Gasteiger partial charge in [0.1, 0.15) is 0 Å². The maximum atomic E-state index is 3.34. The van der Waals surface area contributed by atoms with Crippen molar-refractivity contribution in [1.82, 2.24) is 0 Å². The van der Waals surface area contributed by atoms with Crippen molar-refractivity contribution >= 4 is 25.7 Å². The van der Waals surface area contributed by atoms with Gasteiger partial charge in [0.25, 0.3) is 0 Å². The first-order chi connectivity index (χ1) is 8.42. The molecule has 0 heterocycles. The van der Waals surface area contributed by atoms with E-state index in [2.05, 4.69) is 60.1 Å². The van der Waals surface area contributed by atoms with E-state index in [9.17, 15) is 0 Å². The van der Waals surface area contributed by atoms with Gasteiger partial charge < -0.3 is 0 Å². The summed E-state index contributed by atoms with van der Waals surface area (Å²) in [6, 6.07) is 14.8. The molecule has 0 spiro atoms. The zero-order valence-corrected chi connectivity index (χ0v) is 11.8. The molecule has 0 aliphatic heterocycles. The van der Waals surface area contributed by atoms with E-state index in [4.69, 9.17) is 0 Å². The normalized spacial score (nSPS) is 9.94. The minimum absolute atomic E-state index is 0.479. The molecule has 0 aliphatic rings. The van der Waals surface area contributed by atoms with Gasteiger partial charge in [-0.1, -0.05) is 0 Å². The molecule has 0 amide bonds. The summed E-state index contributed by atoms with van der Waals surface area (Å²) in [5.41, 5.74) is 1.17. The zero-order chi connectivity index (χ0) is 11.9. The third-order valence-corrected chi connectivity index (χ3v) is 4.20. The Bertz CT molecular complexity index is 541. The molecule has 0 radical (unpaired) electrons. The van der Waals surface area contributed by atoms with Gasteiger partial charge in [-0.3, -0.25) is 0 Å². The molecular weight excluding hydrogens is 271 g/mol. The summed E-state index contributed by atoms with van der Waals surface area (Å²) in [4.78, 5) is 3.34. The van der Waals surface area contributed by atoms with E-state index in [1.54, 1.807) is 0 Å². The molecular formula is C16H16Se. The van der Waals surface area contributed by atoms with Crippen molar-refractivity contribution in [3.05, 3.63) is 48.0 Å². The summed E-state index contributed by atoms with van der Waals surface area (Å²) in [6.45, 7) is 2.23. The van der Waals surface area contributed by atoms with Crippen LogP contribution in [0.15, 0.2) is 42.5 Å². The molecule has 0 saturated carbocycles. The third kappa shape index (κ3) is 3.37. The molecule has 0 N–H and O–H groups in total. The predicted molar refractivity (Wildman–Crippen MR) is 76.3 cm³/mol. The fourth-order valence-electron chi connectivity index (χ4n) is 1.69. The fraction of sp³-hybridized carbons (Fsp3) is 0.250. The fourth-order valence-corrected chi connectivity index (χ4v) is 3.20. The summed E-state index contributed by atoms with van der Waals surface area (Å²) in [6.07, 6.45) is 2.59. The van der Waals surface area contributed by atoms with Crippen molar-refractivity contribution in [2.75, 3.05) is 0 Å². The van der Waals surface area contributed by atoms with E-state index in [-0.39, 0.29) is 0 Å². The van der Waals surface area contributed by atoms with Crippen molar-refractivity contribution in [2.24, 2.45) is 0 Å². The van der Waals surface area contributed by atoms with Crippen LogP contribution in [0.3, 0.4) is 0 Å². The van der Waals surface area contributed by atoms with Crippen LogP contribution in [0.5, 0.6) is 0 Å². The van der Waals surface area contributed by atoms with Crippen molar-refractivity contribution in [1.29, 1.82) is 0 Å². The molecule has 0 saturated heterocycles. The van der Waals surface area contributed by atoms with E-state index in [1.807, 2.05) is 0 Å². The molecule has 17 heavy (non-hydrogen) atoms. The SMILES string of the molecule is CCCC[Se]C#Cc1cccc2ccccc12. The van der Waals surface area contributed by atoms with Gasteiger partial charge in [-0.25, -0.2) is 0 Å². The number of hydrogen-bond acceptors (Lipinski definition) is 0. The molecule has 0 atom stereocenters. The van der Waals surface area contributed by atoms with Crippen LogP contribution in [-0.2, 0) is 0 Å². The second-order valence-electron chi connectivity index (χ2n) is 3.96. The summed E-state index contributed by atoms with van der Waals surface area (Å²) in [5, 5.41) is 3.83. The Morgan fingerprint density at radius 2 is 1.88 bits per heavy atom. The zero-order valence-electron chi connectivity index (χ0n) is 10.1. The summed E-state index contributed by atoms with van der Waals surface area (Å²) < 4.78 is 0. The summed E-state index contributed by atoms with van der Waals surface area (Å²) in [5.74, 6) is 3.32. The van der Waals surface area contributed by atoms with Crippen molar-refractivity contribution in [2.45, 2.75) is 25.1 Å². The molecule has 0 aromatic heterocycles. The molecule has 0 aliphatic carbocycles. The van der Waals surface area contributed by atoms with Gasteiger partial charge >= 0.3 is 110 Å². The van der Waals surface area contributed by atoms with Crippen LogP contribution in [0, 0.1) is 10.7 Å². The number of fused-ring (bicyclic) bond motifs is 1. The van der Waals surface area contributed by atoms with Gasteiger partial charge in [-0.2, -0.15) is 0 Å². The van der Waals surface area contributed by atoms with E-state index in [1.165, 1.54) is 34.5 Å².